The van der Waals surface area contributed by atoms with E-state index in [2.05, 4.69) is 13.8 Å². The molecule has 0 aliphatic heterocycles. The molecular weight excluding hydrogens is 400 g/mol. The molecule has 7 atom stereocenters. The predicted octanol–water partition coefficient (Wildman–Crippen LogP) is 6.36. The van der Waals surface area contributed by atoms with Gasteiger partial charge in [-0.25, -0.2) is 0 Å². The van der Waals surface area contributed by atoms with Crippen molar-refractivity contribution in [3.8, 4) is 0 Å². The van der Waals surface area contributed by atoms with Gasteiger partial charge in [-0.05, 0) is 91.8 Å². The Bertz CT molecular complexity index is 548. The monoisotopic (exact) mass is 454 g/mol. The Kier molecular flexibility index (Phi) is 11.9. The fraction of sp³-hybridized carbons (Fsp3) is 0.964. The van der Waals surface area contributed by atoms with Gasteiger partial charge in [-0.3, -0.25) is 0 Å². The summed E-state index contributed by atoms with van der Waals surface area (Å²) in [7, 11) is 1.00. The average molecular weight is 455 g/mol. The number of aldehydes is 1. The van der Waals surface area contributed by atoms with Gasteiger partial charge in [0.05, 0.1) is 6.42 Å². The van der Waals surface area contributed by atoms with E-state index in [0.717, 1.165) is 37.2 Å². The van der Waals surface area contributed by atoms with Gasteiger partial charge in [0.2, 0.25) is 0 Å². The Morgan fingerprint density at radius 1 is 0.812 bits per heavy atom. The first-order valence-electron chi connectivity index (χ1n) is 13.6. The van der Waals surface area contributed by atoms with Crippen LogP contribution in [0.2, 0.25) is 0 Å². The van der Waals surface area contributed by atoms with Crippen LogP contribution in [-0.4, -0.2) is 34.5 Å². The lowest BCUT2D eigenvalue weighted by Crippen LogP contribution is -2.53. The van der Waals surface area contributed by atoms with Gasteiger partial charge in [0, 0.05) is 13.5 Å². The number of aliphatic hydroxyl groups excluding tert-OH is 1. The average Bonchev–Trinajstić information content (AvgIpc) is 3.13. The minimum absolute atomic E-state index is 0.157. The zero-order valence-electron chi connectivity index (χ0n) is 22.2. The lowest BCUT2D eigenvalue weighted by atomic mass is 9.45. The number of carbonyl (C=O) groups excluding carboxylic acids is 1. The minimum Gasteiger partial charge on any atom is -0.400 e. The van der Waals surface area contributed by atoms with E-state index in [4.69, 9.17) is 5.11 Å². The highest BCUT2D eigenvalue weighted by Gasteiger charge is 2.60. The van der Waals surface area contributed by atoms with Crippen LogP contribution in [0.4, 0.5) is 0 Å². The smallest absolute Gasteiger partial charge is 0.169 e. The molecule has 4 saturated carbocycles. The Hall–Kier alpha value is -0.450. The molecule has 4 nitrogen and oxygen atoms in total. The lowest BCUT2D eigenvalue weighted by molar-refractivity contribution is -0.187. The second-order valence-corrected chi connectivity index (χ2v) is 10.8. The maximum absolute atomic E-state index is 10.8. The molecule has 7 unspecified atom stereocenters. The number of hydrogen-bond donors (Lipinski definition) is 3. The third kappa shape index (κ3) is 5.78. The molecule has 0 saturated heterocycles. The van der Waals surface area contributed by atoms with Crippen molar-refractivity contribution >= 4 is 6.29 Å². The third-order valence-electron chi connectivity index (χ3n) is 9.76. The van der Waals surface area contributed by atoms with Crippen molar-refractivity contribution in [1.29, 1.82) is 0 Å². The highest BCUT2D eigenvalue weighted by atomic mass is 16.5. The highest BCUT2D eigenvalue weighted by molar-refractivity contribution is 5.50. The van der Waals surface area contributed by atoms with E-state index in [1.165, 1.54) is 57.8 Å². The molecule has 0 aromatic heterocycles. The molecule has 3 N–H and O–H groups in total. The summed E-state index contributed by atoms with van der Waals surface area (Å²) < 4.78 is 0. The molecule has 0 amide bonds. The molecule has 4 aliphatic rings. The van der Waals surface area contributed by atoms with E-state index < -0.39 is 5.79 Å². The van der Waals surface area contributed by atoms with Crippen molar-refractivity contribution in [3.05, 3.63) is 0 Å². The molecule has 0 aromatic carbocycles. The first-order chi connectivity index (χ1) is 15.3. The molecule has 4 rings (SSSR count). The summed E-state index contributed by atoms with van der Waals surface area (Å²) in [5.41, 5.74) is 0.800. The van der Waals surface area contributed by atoms with Gasteiger partial charge in [0.1, 0.15) is 6.29 Å². The number of aliphatic hydroxyl groups is 3. The van der Waals surface area contributed by atoms with Crippen molar-refractivity contribution in [2.24, 2.45) is 40.4 Å². The molecule has 0 radical (unpaired) electrons. The van der Waals surface area contributed by atoms with Gasteiger partial charge < -0.3 is 20.1 Å². The maximum Gasteiger partial charge on any atom is 0.169 e. The summed E-state index contributed by atoms with van der Waals surface area (Å²) in [5, 5.41) is 27.5. The predicted molar refractivity (Wildman–Crippen MR) is 133 cm³/mol. The largest absolute Gasteiger partial charge is 0.400 e. The lowest BCUT2D eigenvalue weighted by Gasteiger charge is -2.60. The second kappa shape index (κ2) is 12.9. The Balaban J connectivity index is 0.000000789. The molecule has 4 heteroatoms. The normalized spacial score (nSPS) is 39.9. The molecule has 0 bridgehead atoms. The van der Waals surface area contributed by atoms with E-state index in [9.17, 15) is 15.0 Å². The van der Waals surface area contributed by atoms with Gasteiger partial charge in [-0.1, -0.05) is 54.4 Å². The Morgan fingerprint density at radius 2 is 1.44 bits per heavy atom. The molecule has 0 spiro atoms. The summed E-state index contributed by atoms with van der Waals surface area (Å²) in [6, 6.07) is 0. The first-order valence-corrected chi connectivity index (χ1v) is 13.6. The summed E-state index contributed by atoms with van der Waals surface area (Å²) in [6.07, 6.45) is 14.3. The van der Waals surface area contributed by atoms with Crippen LogP contribution in [0.15, 0.2) is 0 Å². The van der Waals surface area contributed by atoms with Crippen LogP contribution in [0.3, 0.4) is 0 Å². The van der Waals surface area contributed by atoms with Gasteiger partial charge in [0.15, 0.2) is 5.79 Å². The molecule has 4 aliphatic carbocycles. The fourth-order valence-corrected chi connectivity index (χ4v) is 8.35. The van der Waals surface area contributed by atoms with E-state index >= 15 is 0 Å². The van der Waals surface area contributed by atoms with E-state index in [1.807, 2.05) is 27.7 Å². The SMILES string of the molecule is CC.CC.CC12CCCCC1CCC1C2CCC2(C)C(CC(O)(O)CC=O)CCC12.CO. The highest BCUT2D eigenvalue weighted by Crippen LogP contribution is 2.68. The molecule has 4 fully saturated rings. The second-order valence-electron chi connectivity index (χ2n) is 10.8. The number of fused-ring (bicyclic) bond motifs is 5. The molecule has 190 valence electrons. The third-order valence-corrected chi connectivity index (χ3v) is 9.76. The van der Waals surface area contributed by atoms with Gasteiger partial charge in [-0.2, -0.15) is 0 Å². The van der Waals surface area contributed by atoms with Crippen molar-refractivity contribution in [3.63, 3.8) is 0 Å². The van der Waals surface area contributed by atoms with Gasteiger partial charge in [0.25, 0.3) is 0 Å². The first kappa shape index (κ1) is 29.6. The van der Waals surface area contributed by atoms with Crippen LogP contribution in [-0.2, 0) is 4.79 Å². The van der Waals surface area contributed by atoms with Gasteiger partial charge >= 0.3 is 0 Å². The molecule has 0 aromatic rings. The number of carbonyl (C=O) groups is 1. The standard InChI is InChI=1S/C23H38O3.2C2H6.CH4O/c1-21-11-4-3-5-16(21)6-8-18-19-9-7-17(15-23(25,26)13-14-24)22(19,2)12-10-20(18)21;3*1-2/h14,16-20,25-26H,3-13,15H2,1-2H3;2*1-2H3;2H,1H3. The number of hydrogen-bond acceptors (Lipinski definition) is 4. The summed E-state index contributed by atoms with van der Waals surface area (Å²) >= 11 is 0. The van der Waals surface area contributed by atoms with Crippen LogP contribution in [0.1, 0.15) is 119 Å². The van der Waals surface area contributed by atoms with Crippen LogP contribution in [0, 0.1) is 40.4 Å². The van der Waals surface area contributed by atoms with Crippen LogP contribution >= 0.6 is 0 Å². The summed E-state index contributed by atoms with van der Waals surface area (Å²) in [4.78, 5) is 10.8. The van der Waals surface area contributed by atoms with Crippen molar-refractivity contribution in [1.82, 2.24) is 0 Å². The zero-order chi connectivity index (χ0) is 24.6. The van der Waals surface area contributed by atoms with Crippen LogP contribution in [0.25, 0.3) is 0 Å². The fourth-order valence-electron chi connectivity index (χ4n) is 8.35. The molecule has 32 heavy (non-hydrogen) atoms. The van der Waals surface area contributed by atoms with E-state index in [-0.39, 0.29) is 11.8 Å². The molecular formula is C28H54O4. The Morgan fingerprint density at radius 3 is 2.06 bits per heavy atom. The Labute approximate surface area is 198 Å². The van der Waals surface area contributed by atoms with Crippen LogP contribution in [0.5, 0.6) is 0 Å². The minimum atomic E-state index is -1.81. The molecule has 0 heterocycles. The topological polar surface area (TPSA) is 77.8 Å². The summed E-state index contributed by atoms with van der Waals surface area (Å²) in [6.45, 7) is 13.0. The van der Waals surface area contributed by atoms with Crippen molar-refractivity contribution in [2.45, 2.75) is 124 Å². The van der Waals surface area contributed by atoms with E-state index in [1.54, 1.807) is 0 Å². The number of rotatable bonds is 4. The quantitative estimate of drug-likeness (QED) is 0.341. The van der Waals surface area contributed by atoms with Gasteiger partial charge in [-0.15, -0.1) is 0 Å². The van der Waals surface area contributed by atoms with E-state index in [0.29, 0.717) is 24.0 Å². The van der Waals surface area contributed by atoms with Crippen molar-refractivity contribution in [2.75, 3.05) is 7.11 Å². The zero-order valence-corrected chi connectivity index (χ0v) is 22.2. The summed E-state index contributed by atoms with van der Waals surface area (Å²) in [5.74, 6) is 1.97. The van der Waals surface area contributed by atoms with Crippen molar-refractivity contribution < 1.29 is 20.1 Å². The van der Waals surface area contributed by atoms with Crippen LogP contribution < -0.4 is 0 Å². The maximum atomic E-state index is 10.8.